The Morgan fingerprint density at radius 2 is 1.85 bits per heavy atom. The van der Waals surface area contributed by atoms with E-state index in [1.165, 1.54) is 44.6 Å². The summed E-state index contributed by atoms with van der Waals surface area (Å²) in [7, 11) is 0. The van der Waals surface area contributed by atoms with Crippen LogP contribution in [0.1, 0.15) is 26.7 Å². The smallest absolute Gasteiger partial charge is 0.194 e. The van der Waals surface area contributed by atoms with Gasteiger partial charge >= 0.3 is 0 Å². The number of benzene rings is 1. The first-order valence-electron chi connectivity index (χ1n) is 10.5. The van der Waals surface area contributed by atoms with Crippen LogP contribution in [0.25, 0.3) is 0 Å². The molecule has 1 aromatic carbocycles. The van der Waals surface area contributed by atoms with Gasteiger partial charge < -0.3 is 20.0 Å². The lowest BCUT2D eigenvalue weighted by Crippen LogP contribution is -2.52. The zero-order valence-electron chi connectivity index (χ0n) is 16.8. The molecule has 5 nitrogen and oxygen atoms in total. The van der Waals surface area contributed by atoms with Gasteiger partial charge in [0.15, 0.2) is 5.96 Å². The number of guanidine groups is 1. The molecule has 2 aliphatic heterocycles. The third-order valence-corrected chi connectivity index (χ3v) is 5.51. The van der Waals surface area contributed by atoms with E-state index in [-0.39, 0.29) is 5.82 Å². The van der Waals surface area contributed by atoms with Gasteiger partial charge in [0.05, 0.1) is 0 Å². The average Bonchev–Trinajstić information content (AvgIpc) is 3.14. The van der Waals surface area contributed by atoms with Gasteiger partial charge in [0.25, 0.3) is 0 Å². The highest BCUT2D eigenvalue weighted by Crippen LogP contribution is 2.18. The highest BCUT2D eigenvalue weighted by atomic mass is 19.1. The predicted molar refractivity (Wildman–Crippen MR) is 111 cm³/mol. The van der Waals surface area contributed by atoms with Crippen LogP contribution in [0, 0.1) is 11.7 Å². The van der Waals surface area contributed by atoms with Crippen LogP contribution < -0.4 is 10.2 Å². The maximum Gasteiger partial charge on any atom is 0.194 e. The molecule has 2 saturated heterocycles. The van der Waals surface area contributed by atoms with Crippen molar-refractivity contribution in [3.63, 3.8) is 0 Å². The van der Waals surface area contributed by atoms with E-state index < -0.39 is 0 Å². The molecule has 1 N–H and O–H groups in total. The fourth-order valence-corrected chi connectivity index (χ4v) is 4.05. The number of nitrogens with zero attached hydrogens (tertiary/aromatic N) is 4. The van der Waals surface area contributed by atoms with Crippen molar-refractivity contribution in [3.05, 3.63) is 30.1 Å². The predicted octanol–water partition coefficient (Wildman–Crippen LogP) is 2.65. The summed E-state index contributed by atoms with van der Waals surface area (Å²) in [6.07, 6.45) is 2.50. The molecule has 3 rings (SSSR count). The minimum Gasteiger partial charge on any atom is -0.368 e. The van der Waals surface area contributed by atoms with E-state index in [4.69, 9.17) is 4.99 Å². The Balaban J connectivity index is 1.52. The topological polar surface area (TPSA) is 34.1 Å². The minimum absolute atomic E-state index is 0.177. The van der Waals surface area contributed by atoms with E-state index in [2.05, 4.69) is 33.9 Å². The summed E-state index contributed by atoms with van der Waals surface area (Å²) in [6, 6.07) is 6.81. The Bertz CT molecular complexity index is 595. The van der Waals surface area contributed by atoms with Gasteiger partial charge in [0.1, 0.15) is 5.82 Å². The Morgan fingerprint density at radius 3 is 2.52 bits per heavy atom. The number of rotatable bonds is 6. The lowest BCUT2D eigenvalue weighted by molar-refractivity contribution is 0.325. The maximum absolute atomic E-state index is 13.1. The molecule has 0 spiro atoms. The largest absolute Gasteiger partial charge is 0.368 e. The first-order valence-corrected chi connectivity index (χ1v) is 10.5. The van der Waals surface area contributed by atoms with Crippen molar-refractivity contribution in [1.29, 1.82) is 0 Å². The number of hydrogen-bond donors (Lipinski definition) is 1. The maximum atomic E-state index is 13.1. The molecule has 2 fully saturated rings. The van der Waals surface area contributed by atoms with E-state index >= 15 is 0 Å². The van der Waals surface area contributed by atoms with Crippen LogP contribution in [-0.2, 0) is 0 Å². The molecular weight excluding hydrogens is 341 g/mol. The molecule has 1 aromatic rings. The fraction of sp³-hybridized carbons (Fsp3) is 0.667. The van der Waals surface area contributed by atoms with Crippen molar-refractivity contribution in [2.45, 2.75) is 26.7 Å². The zero-order chi connectivity index (χ0) is 19.1. The SMILES string of the molecule is CCCN1CCC(CN=C(NCC)N2CCN(c3ccc(F)cc3)CC2)C1. The van der Waals surface area contributed by atoms with Crippen molar-refractivity contribution in [2.75, 3.05) is 63.8 Å². The molecule has 1 atom stereocenters. The van der Waals surface area contributed by atoms with Crippen LogP contribution in [0.15, 0.2) is 29.3 Å². The monoisotopic (exact) mass is 375 g/mol. The van der Waals surface area contributed by atoms with Gasteiger partial charge in [-0.15, -0.1) is 0 Å². The molecule has 0 radical (unpaired) electrons. The van der Waals surface area contributed by atoms with Crippen molar-refractivity contribution in [2.24, 2.45) is 10.9 Å². The number of anilines is 1. The number of piperazine rings is 1. The molecule has 0 saturated carbocycles. The molecule has 0 amide bonds. The van der Waals surface area contributed by atoms with E-state index in [0.29, 0.717) is 5.92 Å². The van der Waals surface area contributed by atoms with Gasteiger partial charge in [-0.05, 0) is 63.0 Å². The third-order valence-electron chi connectivity index (χ3n) is 5.51. The van der Waals surface area contributed by atoms with Crippen molar-refractivity contribution in [3.8, 4) is 0 Å². The molecule has 2 heterocycles. The van der Waals surface area contributed by atoms with Gasteiger partial charge in [-0.3, -0.25) is 4.99 Å². The van der Waals surface area contributed by atoms with E-state index in [9.17, 15) is 4.39 Å². The zero-order valence-corrected chi connectivity index (χ0v) is 16.8. The van der Waals surface area contributed by atoms with Crippen molar-refractivity contribution < 1.29 is 4.39 Å². The molecule has 2 aliphatic rings. The summed E-state index contributed by atoms with van der Waals surface area (Å²) < 4.78 is 13.1. The van der Waals surface area contributed by atoms with Crippen LogP contribution in [0.3, 0.4) is 0 Å². The average molecular weight is 376 g/mol. The van der Waals surface area contributed by atoms with Crippen molar-refractivity contribution >= 4 is 11.6 Å². The quantitative estimate of drug-likeness (QED) is 0.612. The van der Waals surface area contributed by atoms with Crippen LogP contribution in [0.4, 0.5) is 10.1 Å². The summed E-state index contributed by atoms with van der Waals surface area (Å²) in [5.41, 5.74) is 1.10. The van der Waals surface area contributed by atoms with Gasteiger partial charge in [-0.2, -0.15) is 0 Å². The summed E-state index contributed by atoms with van der Waals surface area (Å²) in [5.74, 6) is 1.55. The lowest BCUT2D eigenvalue weighted by atomic mass is 10.1. The normalized spacial score (nSPS) is 21.7. The van der Waals surface area contributed by atoms with Gasteiger partial charge in [-0.25, -0.2) is 4.39 Å². The van der Waals surface area contributed by atoms with Gasteiger partial charge in [0.2, 0.25) is 0 Å². The van der Waals surface area contributed by atoms with Crippen LogP contribution >= 0.6 is 0 Å². The number of hydrogen-bond acceptors (Lipinski definition) is 3. The highest BCUT2D eigenvalue weighted by molar-refractivity contribution is 5.80. The molecule has 0 bridgehead atoms. The van der Waals surface area contributed by atoms with E-state index in [1.807, 2.05) is 12.1 Å². The Hall–Kier alpha value is -1.82. The Kier molecular flexibility index (Phi) is 7.33. The molecule has 0 aromatic heterocycles. The summed E-state index contributed by atoms with van der Waals surface area (Å²) >= 11 is 0. The van der Waals surface area contributed by atoms with E-state index in [1.54, 1.807) is 0 Å². The molecule has 0 aliphatic carbocycles. The molecular formula is C21H34FN5. The number of likely N-dealkylation sites (tertiary alicyclic amines) is 1. The minimum atomic E-state index is -0.177. The molecule has 1 unspecified atom stereocenters. The second-order valence-electron chi connectivity index (χ2n) is 7.60. The summed E-state index contributed by atoms with van der Waals surface area (Å²) in [6.45, 7) is 13.6. The third kappa shape index (κ3) is 5.58. The second-order valence-corrected chi connectivity index (χ2v) is 7.60. The lowest BCUT2D eigenvalue weighted by Gasteiger charge is -2.37. The summed E-state index contributed by atoms with van der Waals surface area (Å²) in [5, 5.41) is 3.47. The summed E-state index contributed by atoms with van der Waals surface area (Å²) in [4.78, 5) is 12.2. The molecule has 6 heteroatoms. The number of aliphatic imine (C=N–C) groups is 1. The first kappa shape index (κ1) is 19.9. The van der Waals surface area contributed by atoms with Crippen LogP contribution in [0.2, 0.25) is 0 Å². The first-order chi connectivity index (χ1) is 13.2. The molecule has 150 valence electrons. The Labute approximate surface area is 163 Å². The fourth-order valence-electron chi connectivity index (χ4n) is 4.05. The highest BCUT2D eigenvalue weighted by Gasteiger charge is 2.23. The number of halogens is 1. The van der Waals surface area contributed by atoms with Crippen LogP contribution in [-0.4, -0.2) is 74.7 Å². The van der Waals surface area contributed by atoms with Gasteiger partial charge in [-0.1, -0.05) is 6.92 Å². The standard InChI is InChI=1S/C21H34FN5/c1-3-10-25-11-9-18(17-25)16-24-21(23-4-2)27-14-12-26(13-15-27)20-7-5-19(22)6-8-20/h5-8,18H,3-4,9-17H2,1-2H3,(H,23,24). The van der Waals surface area contributed by atoms with Crippen molar-refractivity contribution in [1.82, 2.24) is 15.1 Å². The molecule has 27 heavy (non-hydrogen) atoms. The number of nitrogens with one attached hydrogen (secondary N) is 1. The Morgan fingerprint density at radius 1 is 1.11 bits per heavy atom. The van der Waals surface area contributed by atoms with E-state index in [0.717, 1.165) is 50.9 Å². The van der Waals surface area contributed by atoms with Gasteiger partial charge in [0, 0.05) is 51.5 Å². The second kappa shape index (κ2) is 9.93. The van der Waals surface area contributed by atoms with Crippen LogP contribution in [0.5, 0.6) is 0 Å².